The van der Waals surface area contributed by atoms with Crippen LogP contribution in [0.4, 0.5) is 0 Å². The third-order valence-electron chi connectivity index (χ3n) is 2.22. The number of H-pyrrole nitrogens is 2. The van der Waals surface area contributed by atoms with Crippen LogP contribution < -0.4 is 16.0 Å². The number of nitrogens with one attached hydrogen (secondary N) is 2. The highest BCUT2D eigenvalue weighted by Crippen LogP contribution is 2.28. The molecule has 0 fully saturated rings. The van der Waals surface area contributed by atoms with Gasteiger partial charge in [0.2, 0.25) is 0 Å². The number of aromatic nitrogens is 2. The van der Waals surface area contributed by atoms with Gasteiger partial charge in [0.25, 0.3) is 5.56 Å². The zero-order valence-electron chi connectivity index (χ0n) is 9.30. The Morgan fingerprint density at radius 2 is 1.95 bits per heavy atom. The van der Waals surface area contributed by atoms with Crippen molar-refractivity contribution in [3.05, 3.63) is 58.3 Å². The highest BCUT2D eigenvalue weighted by Gasteiger charge is 2.08. The first kappa shape index (κ1) is 14.4. The van der Waals surface area contributed by atoms with E-state index in [0.717, 1.165) is 0 Å². The first-order chi connectivity index (χ1) is 8.97. The fourth-order valence-corrected chi connectivity index (χ4v) is 2.25. The maximum Gasteiger partial charge on any atom is 0.326 e. The number of ether oxygens (including phenoxy) is 1. The van der Waals surface area contributed by atoms with E-state index in [-0.39, 0.29) is 6.61 Å². The highest BCUT2D eigenvalue weighted by molar-refractivity contribution is 14.1. The normalized spacial score (nSPS) is 10.5. The Hall–Kier alpha value is -0.990. The van der Waals surface area contributed by atoms with Crippen LogP contribution in [0.3, 0.4) is 0 Å². The minimum absolute atomic E-state index is 0.0266. The molecule has 100 valence electrons. The van der Waals surface area contributed by atoms with Crippen molar-refractivity contribution in [2.75, 3.05) is 0 Å². The molecule has 2 N–H and O–H groups in total. The lowest BCUT2D eigenvalue weighted by molar-refractivity contribution is 0.299. The van der Waals surface area contributed by atoms with Crippen LogP contribution in [-0.2, 0) is 6.61 Å². The number of benzene rings is 1. The van der Waals surface area contributed by atoms with E-state index in [0.29, 0.717) is 25.1 Å². The van der Waals surface area contributed by atoms with E-state index in [2.05, 4.69) is 9.97 Å². The van der Waals surface area contributed by atoms with E-state index in [4.69, 9.17) is 27.9 Å². The van der Waals surface area contributed by atoms with Crippen molar-refractivity contribution in [1.29, 1.82) is 0 Å². The predicted octanol–water partition coefficient (Wildman–Crippen LogP) is 2.55. The summed E-state index contributed by atoms with van der Waals surface area (Å²) in [6, 6.07) is 4.79. The first-order valence-corrected chi connectivity index (χ1v) is 6.89. The van der Waals surface area contributed by atoms with Crippen LogP contribution in [0.2, 0.25) is 10.0 Å². The fraction of sp³-hybridized carbons (Fsp3) is 0.0909. The van der Waals surface area contributed by atoms with Crippen molar-refractivity contribution in [3.63, 3.8) is 0 Å². The summed E-state index contributed by atoms with van der Waals surface area (Å²) in [5.41, 5.74) is -0.642. The third-order valence-corrected chi connectivity index (χ3v) is 3.89. The second-order valence-corrected chi connectivity index (χ2v) is 5.49. The smallest absolute Gasteiger partial charge is 0.326 e. The van der Waals surface area contributed by atoms with Gasteiger partial charge < -0.3 is 9.72 Å². The minimum Gasteiger partial charge on any atom is -0.486 e. The van der Waals surface area contributed by atoms with Gasteiger partial charge in [0.05, 0.1) is 10.7 Å². The molecule has 0 spiro atoms. The van der Waals surface area contributed by atoms with Gasteiger partial charge >= 0.3 is 5.69 Å². The first-order valence-electron chi connectivity index (χ1n) is 5.06. The second-order valence-electron chi connectivity index (χ2n) is 3.56. The van der Waals surface area contributed by atoms with E-state index in [1.807, 2.05) is 22.6 Å². The molecule has 0 aliphatic rings. The summed E-state index contributed by atoms with van der Waals surface area (Å²) in [6.07, 6.45) is 0. The lowest BCUT2D eigenvalue weighted by atomic mass is 10.3. The van der Waals surface area contributed by atoms with Crippen molar-refractivity contribution < 1.29 is 4.74 Å². The predicted molar refractivity (Wildman–Crippen MR) is 81.2 cm³/mol. The van der Waals surface area contributed by atoms with Gasteiger partial charge in [0, 0.05) is 5.02 Å². The molecule has 0 bridgehead atoms. The average Bonchev–Trinajstić information content (AvgIpc) is 2.33. The monoisotopic (exact) mass is 412 g/mol. The lowest BCUT2D eigenvalue weighted by Crippen LogP contribution is -2.27. The SMILES string of the molecule is O=c1[nH]c(COc2ccc(Cl)cc2Cl)c(I)c(=O)[nH]1. The molecule has 1 aromatic carbocycles. The molecule has 1 aromatic heterocycles. The molecule has 0 saturated carbocycles. The van der Waals surface area contributed by atoms with Crippen molar-refractivity contribution in [1.82, 2.24) is 9.97 Å². The van der Waals surface area contributed by atoms with Crippen LogP contribution in [0.1, 0.15) is 5.69 Å². The van der Waals surface area contributed by atoms with Crippen molar-refractivity contribution >= 4 is 45.8 Å². The van der Waals surface area contributed by atoms with Gasteiger partial charge in [-0.2, -0.15) is 0 Å². The summed E-state index contributed by atoms with van der Waals surface area (Å²) in [4.78, 5) is 27.2. The highest BCUT2D eigenvalue weighted by atomic mass is 127. The van der Waals surface area contributed by atoms with Crippen molar-refractivity contribution in [2.45, 2.75) is 6.61 Å². The molecule has 0 unspecified atom stereocenters. The van der Waals surface area contributed by atoms with E-state index in [1.165, 1.54) is 0 Å². The Morgan fingerprint density at radius 3 is 2.63 bits per heavy atom. The van der Waals surface area contributed by atoms with E-state index < -0.39 is 11.2 Å². The second kappa shape index (κ2) is 5.98. The van der Waals surface area contributed by atoms with E-state index >= 15 is 0 Å². The lowest BCUT2D eigenvalue weighted by Gasteiger charge is -2.08. The van der Waals surface area contributed by atoms with Gasteiger partial charge in [-0.3, -0.25) is 9.78 Å². The summed E-state index contributed by atoms with van der Waals surface area (Å²) in [6.45, 7) is 0.0266. The van der Waals surface area contributed by atoms with Gasteiger partial charge in [-0.15, -0.1) is 0 Å². The number of aromatic amines is 2. The summed E-state index contributed by atoms with van der Waals surface area (Å²) in [5.74, 6) is 0.419. The molecule has 1 heterocycles. The number of rotatable bonds is 3. The molecule has 0 amide bonds. The Balaban J connectivity index is 2.24. The molecule has 0 aliphatic carbocycles. The minimum atomic E-state index is -0.578. The van der Waals surface area contributed by atoms with Crippen molar-refractivity contribution in [2.24, 2.45) is 0 Å². The number of halogens is 3. The van der Waals surface area contributed by atoms with Gasteiger partial charge in [0.15, 0.2) is 0 Å². The van der Waals surface area contributed by atoms with E-state index in [1.54, 1.807) is 18.2 Å². The van der Waals surface area contributed by atoms with Crippen LogP contribution in [0.15, 0.2) is 27.8 Å². The largest absolute Gasteiger partial charge is 0.486 e. The fourth-order valence-electron chi connectivity index (χ4n) is 1.36. The summed E-state index contributed by atoms with van der Waals surface area (Å²) in [5, 5.41) is 0.853. The zero-order chi connectivity index (χ0) is 14.0. The molecule has 5 nitrogen and oxygen atoms in total. The molecule has 2 aromatic rings. The molecule has 19 heavy (non-hydrogen) atoms. The molecule has 0 radical (unpaired) electrons. The standard InChI is InChI=1S/C11H7Cl2IN2O3/c12-5-1-2-8(6(13)3-5)19-4-7-9(14)10(17)16-11(18)15-7/h1-3H,4H2,(H2,15,16,17,18). The molecule has 0 aliphatic heterocycles. The van der Waals surface area contributed by atoms with E-state index in [9.17, 15) is 9.59 Å². The average molecular weight is 413 g/mol. The Labute approximate surface area is 131 Å². The maximum absolute atomic E-state index is 11.4. The van der Waals surface area contributed by atoms with Gasteiger partial charge in [-0.05, 0) is 40.8 Å². The Morgan fingerprint density at radius 1 is 1.21 bits per heavy atom. The quantitative estimate of drug-likeness (QED) is 0.760. The zero-order valence-corrected chi connectivity index (χ0v) is 13.0. The molecule has 0 saturated heterocycles. The molecular formula is C11H7Cl2IN2O3. The maximum atomic E-state index is 11.4. The van der Waals surface area contributed by atoms with Crippen LogP contribution >= 0.6 is 45.8 Å². The van der Waals surface area contributed by atoms with Crippen LogP contribution in [-0.4, -0.2) is 9.97 Å². The van der Waals surface area contributed by atoms with Gasteiger partial charge in [-0.25, -0.2) is 4.79 Å². The number of hydrogen-bond acceptors (Lipinski definition) is 3. The van der Waals surface area contributed by atoms with Gasteiger partial charge in [0.1, 0.15) is 15.9 Å². The van der Waals surface area contributed by atoms with Crippen molar-refractivity contribution in [3.8, 4) is 5.75 Å². The Bertz CT molecular complexity index is 727. The van der Waals surface area contributed by atoms with Crippen LogP contribution in [0.25, 0.3) is 0 Å². The topological polar surface area (TPSA) is 75.0 Å². The van der Waals surface area contributed by atoms with Crippen LogP contribution in [0, 0.1) is 3.57 Å². The summed E-state index contributed by atoms with van der Waals surface area (Å²) in [7, 11) is 0. The molecular weight excluding hydrogens is 406 g/mol. The van der Waals surface area contributed by atoms with Crippen LogP contribution in [0.5, 0.6) is 5.75 Å². The summed E-state index contributed by atoms with van der Waals surface area (Å²) < 4.78 is 5.81. The van der Waals surface area contributed by atoms with Gasteiger partial charge in [-0.1, -0.05) is 23.2 Å². The number of hydrogen-bond donors (Lipinski definition) is 2. The third kappa shape index (κ3) is 3.52. The summed E-state index contributed by atoms with van der Waals surface area (Å²) >= 11 is 13.5. The Kier molecular flexibility index (Phi) is 4.54. The molecule has 8 heteroatoms. The molecule has 0 atom stereocenters. The molecule has 2 rings (SSSR count).